The number of aromatic hydroxyl groups is 1. The van der Waals surface area contributed by atoms with E-state index in [-0.39, 0.29) is 11.9 Å². The number of benzene rings is 2. The van der Waals surface area contributed by atoms with Crippen LogP contribution in [0.25, 0.3) is 22.4 Å². The van der Waals surface area contributed by atoms with Crippen molar-refractivity contribution in [1.29, 1.82) is 0 Å². The Morgan fingerprint density at radius 3 is 2.32 bits per heavy atom. The lowest BCUT2D eigenvalue weighted by Crippen LogP contribution is -2.50. The van der Waals surface area contributed by atoms with E-state index < -0.39 is 11.6 Å². The van der Waals surface area contributed by atoms with Crippen LogP contribution in [-0.4, -0.2) is 40.5 Å². The average molecular weight is 460 g/mol. The molecule has 1 saturated carbocycles. The Hall–Kier alpha value is -3.58. The number of ether oxygens (including phenoxy) is 1. The van der Waals surface area contributed by atoms with E-state index in [1.165, 1.54) is 0 Å². The predicted molar refractivity (Wildman–Crippen MR) is 131 cm³/mol. The summed E-state index contributed by atoms with van der Waals surface area (Å²) in [6, 6.07) is 20.0. The van der Waals surface area contributed by atoms with Gasteiger partial charge in [0.1, 0.15) is 0 Å². The van der Waals surface area contributed by atoms with E-state index in [2.05, 4.69) is 15.6 Å². The van der Waals surface area contributed by atoms with Crippen molar-refractivity contribution in [1.82, 2.24) is 10.3 Å². The molecular weight excluding hydrogens is 430 g/mol. The number of aromatic nitrogens is 1. The van der Waals surface area contributed by atoms with Crippen LogP contribution in [0.15, 0.2) is 60.7 Å². The Labute approximate surface area is 198 Å². The second-order valence-corrected chi connectivity index (χ2v) is 9.10. The van der Waals surface area contributed by atoms with Gasteiger partial charge in [0, 0.05) is 30.4 Å². The molecule has 2 aromatic carbocycles. The molecule has 1 saturated heterocycles. The number of pyridine rings is 1. The Balaban J connectivity index is 1.51. The van der Waals surface area contributed by atoms with Gasteiger partial charge in [0.2, 0.25) is 5.88 Å². The van der Waals surface area contributed by atoms with Crippen LogP contribution in [0.5, 0.6) is 5.88 Å². The molecule has 2 heterocycles. The monoisotopic (exact) mass is 459 g/mol. The number of anilines is 1. The lowest BCUT2D eigenvalue weighted by atomic mass is 9.71. The summed E-state index contributed by atoms with van der Waals surface area (Å²) in [6.45, 7) is 1.42. The van der Waals surface area contributed by atoms with Crippen molar-refractivity contribution in [2.75, 3.05) is 18.5 Å². The highest BCUT2D eigenvalue weighted by atomic mass is 16.5. The lowest BCUT2D eigenvalue weighted by Gasteiger charge is -2.42. The summed E-state index contributed by atoms with van der Waals surface area (Å²) in [6.07, 6.45) is 3.34. The molecular formula is C27H29N3O4. The number of nitrogens with zero attached hydrogens (tertiary/aromatic N) is 1. The normalized spacial score (nSPS) is 17.5. The second kappa shape index (κ2) is 9.35. The topological polar surface area (TPSA) is 104 Å². The van der Waals surface area contributed by atoms with Crippen LogP contribution < -0.4 is 10.6 Å². The quantitative estimate of drug-likeness (QED) is 0.396. The van der Waals surface area contributed by atoms with E-state index in [1.54, 1.807) is 0 Å². The zero-order chi connectivity index (χ0) is 23.5. The zero-order valence-electron chi connectivity index (χ0n) is 19.0. The van der Waals surface area contributed by atoms with Gasteiger partial charge in [0.15, 0.2) is 0 Å². The van der Waals surface area contributed by atoms with Crippen LogP contribution in [-0.2, 0) is 10.3 Å². The van der Waals surface area contributed by atoms with E-state index in [4.69, 9.17) is 4.74 Å². The van der Waals surface area contributed by atoms with E-state index in [9.17, 15) is 15.0 Å². The van der Waals surface area contributed by atoms with Gasteiger partial charge in [-0.1, -0.05) is 54.6 Å². The van der Waals surface area contributed by atoms with Crippen molar-refractivity contribution < 1.29 is 19.7 Å². The Morgan fingerprint density at radius 2 is 1.71 bits per heavy atom. The van der Waals surface area contributed by atoms with E-state index in [1.807, 2.05) is 60.7 Å². The van der Waals surface area contributed by atoms with Gasteiger partial charge in [0.25, 0.3) is 0 Å². The lowest BCUT2D eigenvalue weighted by molar-refractivity contribution is 0.0904. The van der Waals surface area contributed by atoms with Gasteiger partial charge in [-0.15, -0.1) is 0 Å². The van der Waals surface area contributed by atoms with Gasteiger partial charge < -0.3 is 25.6 Å². The molecule has 7 nitrogen and oxygen atoms in total. The molecule has 34 heavy (non-hydrogen) atoms. The van der Waals surface area contributed by atoms with E-state index in [0.29, 0.717) is 24.6 Å². The molecule has 2 fully saturated rings. The van der Waals surface area contributed by atoms with Crippen LogP contribution in [0.1, 0.15) is 37.7 Å². The van der Waals surface area contributed by atoms with E-state index in [0.717, 1.165) is 54.4 Å². The summed E-state index contributed by atoms with van der Waals surface area (Å²) in [5.41, 5.74) is 4.52. The molecule has 7 heteroatoms. The highest BCUT2D eigenvalue weighted by molar-refractivity contribution is 5.84. The number of carboxylic acid groups (broad SMARTS) is 1. The summed E-state index contributed by atoms with van der Waals surface area (Å²) < 4.78 is 5.45. The molecule has 0 bridgehead atoms. The van der Waals surface area contributed by atoms with Crippen molar-refractivity contribution in [2.45, 2.75) is 43.7 Å². The fraction of sp³-hybridized carbons (Fsp3) is 0.333. The largest absolute Gasteiger partial charge is 0.492 e. The number of nitrogens with one attached hydrogen (secondary N) is 2. The number of amides is 1. The Kier molecular flexibility index (Phi) is 6.11. The molecule has 4 N–H and O–H groups in total. The third-order valence-electron chi connectivity index (χ3n) is 6.93. The minimum Gasteiger partial charge on any atom is -0.492 e. The Morgan fingerprint density at radius 1 is 1.00 bits per heavy atom. The molecule has 0 spiro atoms. The number of carbonyl (C=O) groups is 1. The number of hydrogen-bond acceptors (Lipinski definition) is 5. The van der Waals surface area contributed by atoms with Gasteiger partial charge in [-0.05, 0) is 49.3 Å². The van der Waals surface area contributed by atoms with Gasteiger partial charge in [0.05, 0.1) is 16.9 Å². The number of hydrogen-bond donors (Lipinski definition) is 4. The third kappa shape index (κ3) is 4.43. The second-order valence-electron chi connectivity index (χ2n) is 9.10. The molecule has 0 atom stereocenters. The van der Waals surface area contributed by atoms with Gasteiger partial charge in [-0.2, -0.15) is 0 Å². The van der Waals surface area contributed by atoms with Crippen molar-refractivity contribution >= 4 is 11.8 Å². The molecule has 3 aromatic rings. The molecule has 1 amide bonds. The predicted octanol–water partition coefficient (Wildman–Crippen LogP) is 5.36. The van der Waals surface area contributed by atoms with Gasteiger partial charge in [-0.3, -0.25) is 0 Å². The molecule has 1 aliphatic heterocycles. The molecule has 0 unspecified atom stereocenters. The maximum absolute atomic E-state index is 11.3. The molecule has 176 valence electrons. The van der Waals surface area contributed by atoms with Crippen LogP contribution in [0.3, 0.4) is 0 Å². The van der Waals surface area contributed by atoms with Gasteiger partial charge in [-0.25, -0.2) is 9.78 Å². The third-order valence-corrected chi connectivity index (χ3v) is 6.93. The molecule has 0 radical (unpaired) electrons. The molecule has 1 aliphatic carbocycles. The van der Waals surface area contributed by atoms with Crippen molar-refractivity contribution in [3.05, 3.63) is 66.2 Å². The van der Waals surface area contributed by atoms with E-state index >= 15 is 0 Å². The Bertz CT molecular complexity index is 1150. The maximum atomic E-state index is 11.3. The number of rotatable bonds is 6. The van der Waals surface area contributed by atoms with Crippen LogP contribution >= 0.6 is 0 Å². The maximum Gasteiger partial charge on any atom is 0.405 e. The van der Waals surface area contributed by atoms with Crippen molar-refractivity contribution in [3.63, 3.8) is 0 Å². The highest BCUT2D eigenvalue weighted by Gasteiger charge is 2.40. The first kappa shape index (κ1) is 22.2. The molecule has 2 aliphatic rings. The van der Waals surface area contributed by atoms with Crippen LogP contribution in [0, 0.1) is 0 Å². The minimum atomic E-state index is -1.01. The first-order valence-electron chi connectivity index (χ1n) is 11.8. The standard InChI is InChI=1S/C27H29N3O4/c31-25-23(28-21-11-15-34-16-12-21)17-22(18-5-2-1-3-6-18)24(29-25)19-7-9-20(10-8-19)27(13-4-14-27)30-26(32)33/h1-3,5-10,17,21,28,30H,4,11-16H2,(H,29,31)(H,32,33). The average Bonchev–Trinajstić information content (AvgIpc) is 2.84. The van der Waals surface area contributed by atoms with Crippen LogP contribution in [0.2, 0.25) is 0 Å². The summed E-state index contributed by atoms with van der Waals surface area (Å²) in [5.74, 6) is -0.0340. The van der Waals surface area contributed by atoms with Crippen LogP contribution in [0.4, 0.5) is 10.5 Å². The molecule has 1 aromatic heterocycles. The summed E-state index contributed by atoms with van der Waals surface area (Å²) >= 11 is 0. The summed E-state index contributed by atoms with van der Waals surface area (Å²) in [4.78, 5) is 15.9. The fourth-order valence-corrected chi connectivity index (χ4v) is 4.90. The first-order chi connectivity index (χ1) is 16.5. The van der Waals surface area contributed by atoms with Crippen molar-refractivity contribution in [2.24, 2.45) is 0 Å². The minimum absolute atomic E-state index is 0.0340. The summed E-state index contributed by atoms with van der Waals surface area (Å²) in [5, 5.41) is 26.2. The first-order valence-corrected chi connectivity index (χ1v) is 11.8. The summed E-state index contributed by atoms with van der Waals surface area (Å²) in [7, 11) is 0. The van der Waals surface area contributed by atoms with Crippen molar-refractivity contribution in [3.8, 4) is 28.3 Å². The zero-order valence-corrected chi connectivity index (χ0v) is 19.0. The van der Waals surface area contributed by atoms with Gasteiger partial charge >= 0.3 is 6.09 Å². The highest BCUT2D eigenvalue weighted by Crippen LogP contribution is 2.43. The molecule has 5 rings (SSSR count). The smallest absolute Gasteiger partial charge is 0.405 e. The SMILES string of the molecule is O=C(O)NC1(c2ccc(-c3nc(O)c(NC4CCOCC4)cc3-c3ccccc3)cc2)CCC1. The fourth-order valence-electron chi connectivity index (χ4n) is 4.90.